The fourth-order valence-corrected chi connectivity index (χ4v) is 6.81. The van der Waals surface area contributed by atoms with Crippen molar-refractivity contribution in [2.75, 3.05) is 10.8 Å². The van der Waals surface area contributed by atoms with Gasteiger partial charge in [-0.3, -0.25) is 13.9 Å². The molecule has 0 radical (unpaired) electrons. The highest BCUT2D eigenvalue weighted by Gasteiger charge is 2.35. The van der Waals surface area contributed by atoms with Crippen LogP contribution in [-0.4, -0.2) is 43.8 Å². The molecule has 0 aromatic heterocycles. The van der Waals surface area contributed by atoms with E-state index in [1.54, 1.807) is 36.4 Å². The number of benzene rings is 4. The third-order valence-corrected chi connectivity index (χ3v) is 10.0. The summed E-state index contributed by atoms with van der Waals surface area (Å²) >= 11 is 3.47. The van der Waals surface area contributed by atoms with E-state index in [-0.39, 0.29) is 29.8 Å². The minimum Gasteiger partial charge on any atom is -0.352 e. The fraction of sp³-hybridized carbons (Fsp3) is 0.278. The molecule has 0 fully saturated rings. The maximum absolute atomic E-state index is 14.6. The summed E-state index contributed by atoms with van der Waals surface area (Å²) in [4.78, 5) is 30.0. The van der Waals surface area contributed by atoms with E-state index < -0.39 is 28.5 Å². The van der Waals surface area contributed by atoms with E-state index >= 15 is 0 Å². The Labute approximate surface area is 275 Å². The Morgan fingerprint density at radius 3 is 2.07 bits per heavy atom. The minimum absolute atomic E-state index is 0.0830. The maximum Gasteiger partial charge on any atom is 0.264 e. The van der Waals surface area contributed by atoms with E-state index in [1.165, 1.54) is 9.21 Å². The SMILES string of the molecule is Cc1ccc(S(=O)(=O)N(CC(=O)N(Cc2ccc(Br)cc2)[C@@H](Cc2ccccc2)C(=O)NC(C)C)c2cccc(C)c2C)cc1. The van der Waals surface area contributed by atoms with E-state index in [0.717, 1.165) is 32.3 Å². The molecule has 236 valence electrons. The second-order valence-electron chi connectivity index (χ2n) is 11.6. The van der Waals surface area contributed by atoms with Gasteiger partial charge >= 0.3 is 0 Å². The molecule has 4 rings (SSSR count). The first-order valence-electron chi connectivity index (χ1n) is 14.9. The van der Waals surface area contributed by atoms with Crippen molar-refractivity contribution >= 4 is 43.5 Å². The molecule has 0 aliphatic heterocycles. The first-order chi connectivity index (χ1) is 21.4. The van der Waals surface area contributed by atoms with Crippen molar-refractivity contribution in [1.29, 1.82) is 0 Å². The van der Waals surface area contributed by atoms with Crippen LogP contribution >= 0.6 is 15.9 Å². The molecule has 0 aliphatic rings. The van der Waals surface area contributed by atoms with Crippen LogP contribution in [0, 0.1) is 20.8 Å². The normalized spacial score (nSPS) is 12.1. The number of hydrogen-bond donors (Lipinski definition) is 1. The zero-order chi connectivity index (χ0) is 32.7. The molecular formula is C36H40BrN3O4S. The molecule has 4 aromatic rings. The van der Waals surface area contributed by atoms with Gasteiger partial charge in [-0.1, -0.05) is 88.2 Å². The van der Waals surface area contributed by atoms with Crippen LogP contribution in [0.15, 0.2) is 106 Å². The van der Waals surface area contributed by atoms with Gasteiger partial charge in [0.05, 0.1) is 10.6 Å². The highest BCUT2D eigenvalue weighted by atomic mass is 79.9. The second kappa shape index (κ2) is 14.9. The summed E-state index contributed by atoms with van der Waals surface area (Å²) < 4.78 is 30.6. The Morgan fingerprint density at radius 1 is 0.800 bits per heavy atom. The van der Waals surface area contributed by atoms with Crippen molar-refractivity contribution in [1.82, 2.24) is 10.2 Å². The smallest absolute Gasteiger partial charge is 0.264 e. The molecule has 0 aliphatic carbocycles. The number of sulfonamides is 1. The van der Waals surface area contributed by atoms with Gasteiger partial charge in [-0.2, -0.15) is 0 Å². The third kappa shape index (κ3) is 8.61. The molecule has 45 heavy (non-hydrogen) atoms. The van der Waals surface area contributed by atoms with Crippen molar-refractivity contribution in [3.8, 4) is 0 Å². The van der Waals surface area contributed by atoms with Crippen LogP contribution in [-0.2, 0) is 32.6 Å². The van der Waals surface area contributed by atoms with Gasteiger partial charge in [0.2, 0.25) is 11.8 Å². The van der Waals surface area contributed by atoms with E-state index in [0.29, 0.717) is 5.69 Å². The number of nitrogens with zero attached hydrogens (tertiary/aromatic N) is 2. The summed E-state index contributed by atoms with van der Waals surface area (Å²) in [6.45, 7) is 9.00. The lowest BCUT2D eigenvalue weighted by Crippen LogP contribution is -2.54. The van der Waals surface area contributed by atoms with Crippen molar-refractivity contribution in [3.05, 3.63) is 129 Å². The Morgan fingerprint density at radius 2 is 1.44 bits per heavy atom. The summed E-state index contributed by atoms with van der Waals surface area (Å²) in [5.74, 6) is -0.798. The predicted molar refractivity (Wildman–Crippen MR) is 184 cm³/mol. The fourth-order valence-electron chi connectivity index (χ4n) is 5.08. The molecule has 1 atom stereocenters. The van der Waals surface area contributed by atoms with E-state index in [1.807, 2.05) is 95.3 Å². The molecule has 0 saturated carbocycles. The zero-order valence-electron chi connectivity index (χ0n) is 26.3. The highest BCUT2D eigenvalue weighted by molar-refractivity contribution is 9.10. The number of anilines is 1. The standard InChI is InChI=1S/C36H40BrN3O4S/c1-25(2)38-36(42)34(22-29-11-7-6-8-12-29)39(23-30-16-18-31(37)19-17-30)35(41)24-40(33-13-9-10-27(4)28(33)5)45(43,44)32-20-14-26(3)15-21-32/h6-21,25,34H,22-24H2,1-5H3,(H,38,42)/t34-/m0/s1. The lowest BCUT2D eigenvalue weighted by Gasteiger charge is -2.34. The summed E-state index contributed by atoms with van der Waals surface area (Å²) in [5.41, 5.74) is 4.67. The summed E-state index contributed by atoms with van der Waals surface area (Å²) in [6, 6.07) is 28.0. The summed E-state index contributed by atoms with van der Waals surface area (Å²) in [6.07, 6.45) is 0.260. The van der Waals surface area contributed by atoms with Crippen LogP contribution in [0.4, 0.5) is 5.69 Å². The lowest BCUT2D eigenvalue weighted by molar-refractivity contribution is -0.140. The predicted octanol–water partition coefficient (Wildman–Crippen LogP) is 6.73. The molecule has 1 N–H and O–H groups in total. The minimum atomic E-state index is -4.16. The number of rotatable bonds is 12. The van der Waals surface area contributed by atoms with Gasteiger partial charge in [0.1, 0.15) is 12.6 Å². The molecule has 4 aromatic carbocycles. The molecule has 2 amide bonds. The van der Waals surface area contributed by atoms with Gasteiger partial charge in [0, 0.05) is 23.5 Å². The summed E-state index contributed by atoms with van der Waals surface area (Å²) in [7, 11) is -4.16. The quantitative estimate of drug-likeness (QED) is 0.179. The second-order valence-corrected chi connectivity index (χ2v) is 14.3. The van der Waals surface area contributed by atoms with Gasteiger partial charge in [-0.25, -0.2) is 8.42 Å². The number of hydrogen-bond acceptors (Lipinski definition) is 4. The number of aryl methyl sites for hydroxylation is 2. The van der Waals surface area contributed by atoms with Crippen molar-refractivity contribution in [3.63, 3.8) is 0 Å². The first-order valence-corrected chi connectivity index (χ1v) is 17.1. The monoisotopic (exact) mass is 689 g/mol. The zero-order valence-corrected chi connectivity index (χ0v) is 28.7. The van der Waals surface area contributed by atoms with Crippen molar-refractivity contribution in [2.45, 2.75) is 64.6 Å². The largest absolute Gasteiger partial charge is 0.352 e. The molecule has 7 nitrogen and oxygen atoms in total. The number of halogens is 1. The molecule has 0 heterocycles. The Bertz CT molecular complexity index is 1720. The van der Waals surface area contributed by atoms with Gasteiger partial charge in [-0.15, -0.1) is 0 Å². The molecule has 0 spiro atoms. The molecule has 0 bridgehead atoms. The van der Waals surface area contributed by atoms with Crippen LogP contribution < -0.4 is 9.62 Å². The average Bonchev–Trinajstić information content (AvgIpc) is 3.00. The molecular weight excluding hydrogens is 650 g/mol. The average molecular weight is 691 g/mol. The van der Waals surface area contributed by atoms with Crippen LogP contribution in [0.5, 0.6) is 0 Å². The number of carbonyl (C=O) groups is 2. The number of nitrogens with one attached hydrogen (secondary N) is 1. The van der Waals surface area contributed by atoms with Gasteiger partial charge in [0.15, 0.2) is 0 Å². The van der Waals surface area contributed by atoms with E-state index in [2.05, 4.69) is 21.2 Å². The van der Waals surface area contributed by atoms with Crippen molar-refractivity contribution < 1.29 is 18.0 Å². The van der Waals surface area contributed by atoms with Crippen LogP contribution in [0.3, 0.4) is 0 Å². The topological polar surface area (TPSA) is 86.8 Å². The third-order valence-electron chi connectivity index (χ3n) is 7.70. The Kier molecular flexibility index (Phi) is 11.2. The van der Waals surface area contributed by atoms with Gasteiger partial charge < -0.3 is 10.2 Å². The van der Waals surface area contributed by atoms with Crippen LogP contribution in [0.2, 0.25) is 0 Å². The molecule has 0 unspecified atom stereocenters. The molecule has 0 saturated heterocycles. The van der Waals surface area contributed by atoms with E-state index in [4.69, 9.17) is 0 Å². The maximum atomic E-state index is 14.6. The molecule has 9 heteroatoms. The number of carbonyl (C=O) groups excluding carboxylic acids is 2. The first kappa shape index (κ1) is 33.9. The highest BCUT2D eigenvalue weighted by Crippen LogP contribution is 2.29. The Hall–Kier alpha value is -3.95. The van der Waals surface area contributed by atoms with Crippen molar-refractivity contribution in [2.24, 2.45) is 0 Å². The summed E-state index contributed by atoms with van der Waals surface area (Å²) in [5, 5.41) is 2.98. The van der Waals surface area contributed by atoms with Gasteiger partial charge in [-0.05, 0) is 87.2 Å². The van der Waals surface area contributed by atoms with Crippen LogP contribution in [0.1, 0.15) is 41.7 Å². The van der Waals surface area contributed by atoms with Gasteiger partial charge in [0.25, 0.3) is 10.0 Å². The van der Waals surface area contributed by atoms with E-state index in [9.17, 15) is 18.0 Å². The Balaban J connectivity index is 1.83. The van der Waals surface area contributed by atoms with Crippen LogP contribution in [0.25, 0.3) is 0 Å². The lowest BCUT2D eigenvalue weighted by atomic mass is 10.0. The number of amides is 2.